The maximum atomic E-state index is 12.8. The topological polar surface area (TPSA) is 32.8 Å². The fourth-order valence-corrected chi connectivity index (χ4v) is 3.51. The SMILES string of the molecule is CN1CCC2(CC1)OCCN2C(=O)c1ccccc1Br.Cl. The van der Waals surface area contributed by atoms with Gasteiger partial charge in [0.1, 0.15) is 5.72 Å². The standard InChI is InChI=1S/C15H19BrN2O2.ClH/c1-17-8-6-15(7-9-17)18(10-11-20-15)14(19)12-4-2-3-5-13(12)16;/h2-5H,6-11H2,1H3;1H. The summed E-state index contributed by atoms with van der Waals surface area (Å²) in [6, 6.07) is 7.60. The van der Waals surface area contributed by atoms with E-state index in [0.717, 1.165) is 36.0 Å². The van der Waals surface area contributed by atoms with Crippen molar-refractivity contribution < 1.29 is 9.53 Å². The molecule has 2 saturated heterocycles. The van der Waals surface area contributed by atoms with Crippen molar-refractivity contribution in [1.82, 2.24) is 9.80 Å². The number of ether oxygens (including phenoxy) is 1. The summed E-state index contributed by atoms with van der Waals surface area (Å²) in [6.45, 7) is 3.27. The zero-order valence-corrected chi connectivity index (χ0v) is 14.5. The summed E-state index contributed by atoms with van der Waals surface area (Å²) in [7, 11) is 2.11. The number of hydrogen-bond acceptors (Lipinski definition) is 3. The number of amides is 1. The first kappa shape index (κ1) is 16.7. The number of piperidine rings is 1. The Balaban J connectivity index is 0.00000161. The summed E-state index contributed by atoms with van der Waals surface area (Å²) in [6.07, 6.45) is 1.78. The molecule has 2 fully saturated rings. The van der Waals surface area contributed by atoms with E-state index in [0.29, 0.717) is 13.2 Å². The van der Waals surface area contributed by atoms with Gasteiger partial charge in [0.05, 0.1) is 12.2 Å². The van der Waals surface area contributed by atoms with Gasteiger partial charge < -0.3 is 14.5 Å². The maximum absolute atomic E-state index is 12.8. The van der Waals surface area contributed by atoms with Gasteiger partial charge in [0.15, 0.2) is 0 Å². The lowest BCUT2D eigenvalue weighted by molar-refractivity contribution is -0.102. The highest BCUT2D eigenvalue weighted by Crippen LogP contribution is 2.35. The fraction of sp³-hybridized carbons (Fsp3) is 0.533. The van der Waals surface area contributed by atoms with Gasteiger partial charge in [-0.2, -0.15) is 0 Å². The Morgan fingerprint density at radius 1 is 1.24 bits per heavy atom. The van der Waals surface area contributed by atoms with Crippen LogP contribution in [0, 0.1) is 0 Å². The second-order valence-corrected chi connectivity index (χ2v) is 6.39. The second-order valence-electron chi connectivity index (χ2n) is 5.53. The molecule has 1 aromatic carbocycles. The largest absolute Gasteiger partial charge is 0.354 e. The third-order valence-electron chi connectivity index (χ3n) is 4.30. The molecule has 0 radical (unpaired) electrons. The van der Waals surface area contributed by atoms with Crippen molar-refractivity contribution in [3.8, 4) is 0 Å². The Morgan fingerprint density at radius 3 is 2.57 bits per heavy atom. The first-order valence-electron chi connectivity index (χ1n) is 7.01. The molecule has 0 aliphatic carbocycles. The third kappa shape index (κ3) is 3.11. The lowest BCUT2D eigenvalue weighted by Crippen LogP contribution is -2.54. The summed E-state index contributed by atoms with van der Waals surface area (Å²) in [5.41, 5.74) is 0.329. The summed E-state index contributed by atoms with van der Waals surface area (Å²) in [4.78, 5) is 17.0. The van der Waals surface area contributed by atoms with Crippen LogP contribution in [0.15, 0.2) is 28.7 Å². The minimum absolute atomic E-state index is 0. The molecule has 21 heavy (non-hydrogen) atoms. The van der Waals surface area contributed by atoms with Crippen LogP contribution in [-0.2, 0) is 4.74 Å². The third-order valence-corrected chi connectivity index (χ3v) is 4.99. The van der Waals surface area contributed by atoms with Gasteiger partial charge in [-0.25, -0.2) is 0 Å². The van der Waals surface area contributed by atoms with Crippen LogP contribution in [0.1, 0.15) is 23.2 Å². The van der Waals surface area contributed by atoms with E-state index in [9.17, 15) is 4.79 Å². The number of rotatable bonds is 1. The molecule has 0 aromatic heterocycles. The van der Waals surface area contributed by atoms with E-state index >= 15 is 0 Å². The van der Waals surface area contributed by atoms with Crippen LogP contribution in [0.2, 0.25) is 0 Å². The van der Waals surface area contributed by atoms with Crippen molar-refractivity contribution in [2.45, 2.75) is 18.6 Å². The molecule has 0 atom stereocenters. The van der Waals surface area contributed by atoms with Gasteiger partial charge in [-0.15, -0.1) is 12.4 Å². The number of likely N-dealkylation sites (tertiary alicyclic amines) is 1. The number of hydrogen-bond donors (Lipinski definition) is 0. The minimum atomic E-state index is -0.390. The van der Waals surface area contributed by atoms with Gasteiger partial charge >= 0.3 is 0 Å². The van der Waals surface area contributed by atoms with Crippen LogP contribution >= 0.6 is 28.3 Å². The number of benzene rings is 1. The number of carbonyl (C=O) groups is 1. The van der Waals surface area contributed by atoms with E-state index in [2.05, 4.69) is 27.9 Å². The highest BCUT2D eigenvalue weighted by atomic mass is 79.9. The predicted octanol–water partition coefficient (Wildman–Crippen LogP) is 2.77. The molecule has 1 amide bonds. The number of nitrogens with zero attached hydrogens (tertiary/aromatic N) is 2. The van der Waals surface area contributed by atoms with Crippen molar-refractivity contribution in [2.24, 2.45) is 0 Å². The smallest absolute Gasteiger partial charge is 0.257 e. The molecule has 1 aromatic rings. The lowest BCUT2D eigenvalue weighted by Gasteiger charge is -2.42. The van der Waals surface area contributed by atoms with Crippen molar-refractivity contribution >= 4 is 34.2 Å². The molecule has 0 saturated carbocycles. The maximum Gasteiger partial charge on any atom is 0.257 e. The molecule has 2 aliphatic rings. The molecular weight excluding hydrogens is 356 g/mol. The molecule has 2 aliphatic heterocycles. The predicted molar refractivity (Wildman–Crippen MR) is 87.8 cm³/mol. The summed E-state index contributed by atoms with van der Waals surface area (Å²) in [5, 5.41) is 0. The van der Waals surface area contributed by atoms with Gasteiger partial charge in [-0.3, -0.25) is 4.79 Å². The Labute approximate surface area is 140 Å². The van der Waals surface area contributed by atoms with Crippen LogP contribution in [0.3, 0.4) is 0 Å². The highest BCUT2D eigenvalue weighted by molar-refractivity contribution is 9.10. The van der Waals surface area contributed by atoms with E-state index < -0.39 is 5.72 Å². The average molecular weight is 376 g/mol. The number of halogens is 2. The Kier molecular flexibility index (Phi) is 5.30. The van der Waals surface area contributed by atoms with E-state index in [1.807, 2.05) is 29.2 Å². The van der Waals surface area contributed by atoms with Crippen molar-refractivity contribution in [1.29, 1.82) is 0 Å². The number of carbonyl (C=O) groups excluding carboxylic acids is 1. The molecule has 116 valence electrons. The van der Waals surface area contributed by atoms with E-state index in [1.54, 1.807) is 0 Å². The van der Waals surface area contributed by atoms with E-state index in [-0.39, 0.29) is 18.3 Å². The van der Waals surface area contributed by atoms with Crippen molar-refractivity contribution in [3.05, 3.63) is 34.3 Å². The van der Waals surface area contributed by atoms with Gasteiger partial charge in [0.2, 0.25) is 0 Å². The average Bonchev–Trinajstić information content (AvgIpc) is 2.86. The molecule has 0 bridgehead atoms. The Bertz CT molecular complexity index is 518. The van der Waals surface area contributed by atoms with Gasteiger partial charge in [0, 0.05) is 36.9 Å². The zero-order valence-electron chi connectivity index (χ0n) is 12.0. The highest BCUT2D eigenvalue weighted by Gasteiger charge is 2.46. The zero-order chi connectivity index (χ0) is 14.2. The molecule has 0 unspecified atom stereocenters. The van der Waals surface area contributed by atoms with Crippen LogP contribution < -0.4 is 0 Å². The molecule has 1 spiro atoms. The molecular formula is C15H20BrClN2O2. The normalized spacial score (nSPS) is 21.3. The van der Waals surface area contributed by atoms with Crippen LogP contribution in [-0.4, -0.2) is 54.7 Å². The van der Waals surface area contributed by atoms with Crippen molar-refractivity contribution in [3.63, 3.8) is 0 Å². The van der Waals surface area contributed by atoms with Crippen LogP contribution in [0.4, 0.5) is 0 Å². The fourth-order valence-electron chi connectivity index (χ4n) is 3.06. The van der Waals surface area contributed by atoms with Crippen LogP contribution in [0.5, 0.6) is 0 Å². The molecule has 4 nitrogen and oxygen atoms in total. The Morgan fingerprint density at radius 2 is 1.90 bits per heavy atom. The molecule has 3 rings (SSSR count). The van der Waals surface area contributed by atoms with Gasteiger partial charge in [-0.1, -0.05) is 12.1 Å². The van der Waals surface area contributed by atoms with Gasteiger partial charge in [0.25, 0.3) is 5.91 Å². The van der Waals surface area contributed by atoms with E-state index in [1.165, 1.54) is 0 Å². The Hall–Kier alpha value is -0.620. The summed E-state index contributed by atoms with van der Waals surface area (Å²) < 4.78 is 6.84. The molecule has 6 heteroatoms. The van der Waals surface area contributed by atoms with Gasteiger partial charge in [-0.05, 0) is 35.1 Å². The lowest BCUT2D eigenvalue weighted by atomic mass is 9.98. The first-order chi connectivity index (χ1) is 9.62. The molecule has 0 N–H and O–H groups in total. The van der Waals surface area contributed by atoms with Crippen LogP contribution in [0.25, 0.3) is 0 Å². The monoisotopic (exact) mass is 374 g/mol. The second kappa shape index (κ2) is 6.65. The van der Waals surface area contributed by atoms with Crippen molar-refractivity contribution in [2.75, 3.05) is 33.3 Å². The quantitative estimate of drug-likeness (QED) is 0.757. The summed E-state index contributed by atoms with van der Waals surface area (Å²) in [5.74, 6) is 0.0690. The first-order valence-corrected chi connectivity index (χ1v) is 7.81. The molecule has 2 heterocycles. The van der Waals surface area contributed by atoms with E-state index in [4.69, 9.17) is 4.74 Å². The summed E-state index contributed by atoms with van der Waals surface area (Å²) >= 11 is 3.47. The minimum Gasteiger partial charge on any atom is -0.354 e.